The van der Waals surface area contributed by atoms with Crippen molar-refractivity contribution in [3.63, 3.8) is 0 Å². The third kappa shape index (κ3) is 3.11. The average Bonchev–Trinajstić information content (AvgIpc) is 2.89. The number of piperazine rings is 1. The van der Waals surface area contributed by atoms with Gasteiger partial charge in [0.05, 0.1) is 6.04 Å². The van der Waals surface area contributed by atoms with E-state index in [4.69, 9.17) is 4.63 Å². The van der Waals surface area contributed by atoms with Crippen LogP contribution in [0.5, 0.6) is 0 Å². The molecule has 0 spiro atoms. The summed E-state index contributed by atoms with van der Waals surface area (Å²) in [5, 5.41) is 10.7. The molecule has 0 aliphatic carbocycles. The predicted molar refractivity (Wildman–Crippen MR) is 76.4 cm³/mol. The standard InChI is InChI=1S/C15H18N4O2/c1-11-13(18-21-17-11)10-19-8-7-16-15(20)14(19)9-12-5-3-2-4-6-12/h2-6,14H,7-10H2,1H3,(H,16,20). The zero-order chi connectivity index (χ0) is 14.7. The first-order chi connectivity index (χ1) is 10.2. The van der Waals surface area contributed by atoms with Crippen LogP contribution in [0.4, 0.5) is 0 Å². The van der Waals surface area contributed by atoms with Crippen molar-refractivity contribution >= 4 is 5.91 Å². The summed E-state index contributed by atoms with van der Waals surface area (Å²) < 4.78 is 4.74. The fourth-order valence-electron chi connectivity index (χ4n) is 2.60. The van der Waals surface area contributed by atoms with Crippen LogP contribution in [0.3, 0.4) is 0 Å². The second-order valence-corrected chi connectivity index (χ2v) is 5.26. The smallest absolute Gasteiger partial charge is 0.237 e. The van der Waals surface area contributed by atoms with Crippen LogP contribution in [0.1, 0.15) is 17.0 Å². The fourth-order valence-corrected chi connectivity index (χ4v) is 2.60. The van der Waals surface area contributed by atoms with Crippen molar-refractivity contribution in [2.24, 2.45) is 0 Å². The molecular formula is C15H18N4O2. The zero-order valence-corrected chi connectivity index (χ0v) is 12.0. The summed E-state index contributed by atoms with van der Waals surface area (Å²) in [6, 6.07) is 9.87. The quantitative estimate of drug-likeness (QED) is 0.905. The normalized spacial score (nSPS) is 19.5. The van der Waals surface area contributed by atoms with Crippen LogP contribution in [-0.2, 0) is 17.8 Å². The summed E-state index contributed by atoms with van der Waals surface area (Å²) in [6.07, 6.45) is 0.691. The Bertz CT molecular complexity index is 611. The molecule has 3 rings (SSSR count). The lowest BCUT2D eigenvalue weighted by atomic mass is 10.0. The van der Waals surface area contributed by atoms with E-state index in [2.05, 4.69) is 20.5 Å². The number of hydrogen-bond acceptors (Lipinski definition) is 5. The maximum absolute atomic E-state index is 12.2. The Kier molecular flexibility index (Phi) is 3.96. The second-order valence-electron chi connectivity index (χ2n) is 5.26. The molecule has 1 aromatic heterocycles. The molecule has 0 saturated carbocycles. The van der Waals surface area contributed by atoms with Crippen molar-refractivity contribution in [2.45, 2.75) is 25.9 Å². The highest BCUT2D eigenvalue weighted by Gasteiger charge is 2.30. The van der Waals surface area contributed by atoms with E-state index in [9.17, 15) is 4.79 Å². The Morgan fingerprint density at radius 2 is 2.14 bits per heavy atom. The molecule has 110 valence electrons. The minimum Gasteiger partial charge on any atom is -0.353 e. The molecule has 1 aliphatic heterocycles. The van der Waals surface area contributed by atoms with E-state index in [1.807, 2.05) is 37.3 Å². The summed E-state index contributed by atoms with van der Waals surface area (Å²) in [5.74, 6) is 0.0687. The maximum Gasteiger partial charge on any atom is 0.237 e. The molecule has 1 N–H and O–H groups in total. The lowest BCUT2D eigenvalue weighted by Crippen LogP contribution is -2.55. The molecule has 1 atom stereocenters. The molecule has 1 saturated heterocycles. The highest BCUT2D eigenvalue weighted by molar-refractivity contribution is 5.82. The van der Waals surface area contributed by atoms with Gasteiger partial charge in [-0.2, -0.15) is 0 Å². The first-order valence-electron chi connectivity index (χ1n) is 7.08. The van der Waals surface area contributed by atoms with E-state index in [1.165, 1.54) is 0 Å². The molecule has 1 amide bonds. The highest BCUT2D eigenvalue weighted by Crippen LogP contribution is 2.15. The number of hydrogen-bond donors (Lipinski definition) is 1. The van der Waals surface area contributed by atoms with E-state index < -0.39 is 0 Å². The highest BCUT2D eigenvalue weighted by atomic mass is 16.6. The molecule has 1 fully saturated rings. The van der Waals surface area contributed by atoms with Gasteiger partial charge in [0.1, 0.15) is 11.4 Å². The summed E-state index contributed by atoms with van der Waals surface area (Å²) in [4.78, 5) is 14.3. The maximum atomic E-state index is 12.2. The summed E-state index contributed by atoms with van der Waals surface area (Å²) in [7, 11) is 0. The number of nitrogens with zero attached hydrogens (tertiary/aromatic N) is 3. The Hall–Kier alpha value is -2.21. The molecule has 6 nitrogen and oxygen atoms in total. The van der Waals surface area contributed by atoms with Crippen molar-refractivity contribution < 1.29 is 9.42 Å². The van der Waals surface area contributed by atoms with Crippen molar-refractivity contribution in [2.75, 3.05) is 13.1 Å². The van der Waals surface area contributed by atoms with E-state index in [1.54, 1.807) is 0 Å². The van der Waals surface area contributed by atoms with Gasteiger partial charge in [0.15, 0.2) is 0 Å². The minimum absolute atomic E-state index is 0.0687. The van der Waals surface area contributed by atoms with Gasteiger partial charge in [-0.05, 0) is 18.9 Å². The zero-order valence-electron chi connectivity index (χ0n) is 12.0. The number of benzene rings is 1. The van der Waals surface area contributed by atoms with Gasteiger partial charge in [-0.15, -0.1) is 0 Å². The summed E-state index contributed by atoms with van der Waals surface area (Å²) >= 11 is 0. The number of carbonyl (C=O) groups excluding carboxylic acids is 1. The van der Waals surface area contributed by atoms with Gasteiger partial charge in [-0.25, -0.2) is 4.63 Å². The molecule has 2 aromatic rings. The molecule has 1 aromatic carbocycles. The first kappa shape index (κ1) is 13.8. The largest absolute Gasteiger partial charge is 0.353 e. The van der Waals surface area contributed by atoms with Crippen LogP contribution < -0.4 is 5.32 Å². The summed E-state index contributed by atoms with van der Waals surface area (Å²) in [5.41, 5.74) is 2.72. The number of aromatic nitrogens is 2. The molecule has 0 radical (unpaired) electrons. The fraction of sp³-hybridized carbons (Fsp3) is 0.400. The molecule has 1 aliphatic rings. The molecule has 2 heterocycles. The number of aryl methyl sites for hydroxylation is 1. The van der Waals surface area contributed by atoms with Gasteiger partial charge >= 0.3 is 0 Å². The predicted octanol–water partition coefficient (Wildman–Crippen LogP) is 0.921. The van der Waals surface area contributed by atoms with Crippen molar-refractivity contribution in [1.82, 2.24) is 20.5 Å². The monoisotopic (exact) mass is 286 g/mol. The molecule has 6 heteroatoms. The van der Waals surface area contributed by atoms with Crippen LogP contribution in [0.2, 0.25) is 0 Å². The van der Waals surface area contributed by atoms with Gasteiger partial charge in [-0.1, -0.05) is 40.6 Å². The number of nitrogens with one attached hydrogen (secondary N) is 1. The first-order valence-corrected chi connectivity index (χ1v) is 7.08. The van der Waals surface area contributed by atoms with Crippen molar-refractivity contribution in [3.05, 3.63) is 47.3 Å². The van der Waals surface area contributed by atoms with E-state index >= 15 is 0 Å². The Labute approximate surface area is 123 Å². The van der Waals surface area contributed by atoms with Gasteiger partial charge in [0.25, 0.3) is 0 Å². The summed E-state index contributed by atoms with van der Waals surface area (Å²) in [6.45, 7) is 3.91. The molecule has 0 bridgehead atoms. The third-order valence-corrected chi connectivity index (χ3v) is 3.81. The van der Waals surface area contributed by atoms with Crippen molar-refractivity contribution in [3.8, 4) is 0 Å². The lowest BCUT2D eigenvalue weighted by molar-refractivity contribution is -0.129. The van der Waals surface area contributed by atoms with E-state index in [0.717, 1.165) is 23.5 Å². The van der Waals surface area contributed by atoms with Crippen LogP contribution in [0.25, 0.3) is 0 Å². The van der Waals surface area contributed by atoms with E-state index in [-0.39, 0.29) is 11.9 Å². The van der Waals surface area contributed by atoms with Crippen LogP contribution in [0.15, 0.2) is 35.0 Å². The Balaban J connectivity index is 1.76. The second kappa shape index (κ2) is 6.05. The van der Waals surface area contributed by atoms with Gasteiger partial charge < -0.3 is 5.32 Å². The third-order valence-electron chi connectivity index (χ3n) is 3.81. The van der Waals surface area contributed by atoms with Crippen LogP contribution in [-0.4, -0.2) is 40.3 Å². The number of amides is 1. The SMILES string of the molecule is Cc1nonc1CN1CCNC(=O)C1Cc1ccccc1. The minimum atomic E-state index is -0.183. The van der Waals surface area contributed by atoms with Crippen LogP contribution >= 0.6 is 0 Å². The number of rotatable bonds is 4. The van der Waals surface area contributed by atoms with Gasteiger partial charge in [-0.3, -0.25) is 9.69 Å². The Morgan fingerprint density at radius 3 is 2.86 bits per heavy atom. The van der Waals surface area contributed by atoms with Crippen molar-refractivity contribution in [1.29, 1.82) is 0 Å². The Morgan fingerprint density at radius 1 is 1.33 bits per heavy atom. The number of carbonyl (C=O) groups is 1. The van der Waals surface area contributed by atoms with E-state index in [0.29, 0.717) is 19.5 Å². The van der Waals surface area contributed by atoms with Gasteiger partial charge in [0.2, 0.25) is 5.91 Å². The van der Waals surface area contributed by atoms with Crippen LogP contribution in [0, 0.1) is 6.92 Å². The van der Waals surface area contributed by atoms with Gasteiger partial charge in [0, 0.05) is 19.6 Å². The lowest BCUT2D eigenvalue weighted by Gasteiger charge is -2.34. The average molecular weight is 286 g/mol. The molecular weight excluding hydrogens is 268 g/mol. The topological polar surface area (TPSA) is 71.3 Å². The molecule has 1 unspecified atom stereocenters. The molecule has 21 heavy (non-hydrogen) atoms.